The van der Waals surface area contributed by atoms with E-state index in [0.29, 0.717) is 19.6 Å². The predicted molar refractivity (Wildman–Crippen MR) is 80.1 cm³/mol. The Morgan fingerprint density at radius 1 is 1.24 bits per heavy atom. The fraction of sp³-hybridized carbons (Fsp3) is 0.867. The molecule has 21 heavy (non-hydrogen) atoms. The molecular formula is C15H28N2O4. The summed E-state index contributed by atoms with van der Waals surface area (Å²) in [7, 11) is 0. The molecule has 1 heterocycles. The summed E-state index contributed by atoms with van der Waals surface area (Å²) in [5.41, 5.74) is -0.470. The fourth-order valence-corrected chi connectivity index (χ4v) is 2.04. The van der Waals surface area contributed by atoms with Crippen LogP contribution >= 0.6 is 0 Å². The Balaban J connectivity index is 2.23. The number of hydrogen-bond acceptors (Lipinski definition) is 4. The quantitative estimate of drug-likeness (QED) is 0.842. The number of hydrogen-bond donors (Lipinski definition) is 1. The second-order valence-corrected chi connectivity index (χ2v) is 6.33. The number of nitrogens with zero attached hydrogens (tertiary/aromatic N) is 1. The van der Waals surface area contributed by atoms with Gasteiger partial charge in [0.1, 0.15) is 12.2 Å². The zero-order chi connectivity index (χ0) is 15.9. The van der Waals surface area contributed by atoms with E-state index in [2.05, 4.69) is 5.32 Å². The van der Waals surface area contributed by atoms with Crippen molar-refractivity contribution in [2.45, 2.75) is 58.7 Å². The number of ether oxygens (including phenoxy) is 2. The normalized spacial score (nSPS) is 16.7. The van der Waals surface area contributed by atoms with E-state index in [1.807, 2.05) is 27.7 Å². The van der Waals surface area contributed by atoms with Gasteiger partial charge < -0.3 is 19.7 Å². The minimum atomic E-state index is -0.470. The van der Waals surface area contributed by atoms with Gasteiger partial charge in [0.2, 0.25) is 5.91 Å². The maximum Gasteiger partial charge on any atom is 0.410 e. The van der Waals surface area contributed by atoms with E-state index in [4.69, 9.17) is 9.47 Å². The molecule has 0 aromatic carbocycles. The molecule has 1 aliphatic heterocycles. The second kappa shape index (κ2) is 8.22. The lowest BCUT2D eigenvalue weighted by Crippen LogP contribution is -2.44. The molecule has 0 radical (unpaired) electrons. The summed E-state index contributed by atoms with van der Waals surface area (Å²) in [5, 5.41) is 2.78. The number of carbonyl (C=O) groups excluding carboxylic acids is 2. The lowest BCUT2D eigenvalue weighted by molar-refractivity contribution is -0.128. The zero-order valence-corrected chi connectivity index (χ0v) is 13.6. The molecule has 6 heteroatoms. The third kappa shape index (κ3) is 7.32. The highest BCUT2D eigenvalue weighted by Crippen LogP contribution is 2.17. The van der Waals surface area contributed by atoms with Gasteiger partial charge in [0.25, 0.3) is 0 Å². The van der Waals surface area contributed by atoms with Crippen LogP contribution < -0.4 is 5.32 Å². The maximum atomic E-state index is 11.9. The van der Waals surface area contributed by atoms with Crippen molar-refractivity contribution >= 4 is 12.0 Å². The van der Waals surface area contributed by atoms with E-state index in [9.17, 15) is 9.59 Å². The van der Waals surface area contributed by atoms with Gasteiger partial charge in [-0.2, -0.15) is 0 Å². The van der Waals surface area contributed by atoms with Gasteiger partial charge in [-0.25, -0.2) is 4.79 Å². The molecule has 0 bridgehead atoms. The maximum absolute atomic E-state index is 11.9. The monoisotopic (exact) mass is 300 g/mol. The van der Waals surface area contributed by atoms with Crippen LogP contribution in [0.15, 0.2) is 0 Å². The summed E-state index contributed by atoms with van der Waals surface area (Å²) in [6.45, 7) is 9.57. The Hall–Kier alpha value is -1.30. The van der Waals surface area contributed by atoms with Crippen LogP contribution in [0.2, 0.25) is 0 Å². The summed E-state index contributed by atoms with van der Waals surface area (Å²) in [4.78, 5) is 25.1. The first kappa shape index (κ1) is 17.8. The summed E-state index contributed by atoms with van der Waals surface area (Å²) < 4.78 is 10.9. The molecule has 0 saturated carbocycles. The first-order chi connectivity index (χ1) is 9.81. The highest BCUT2D eigenvalue weighted by Gasteiger charge is 2.27. The molecule has 0 spiro atoms. The smallest absolute Gasteiger partial charge is 0.410 e. The Morgan fingerprint density at radius 3 is 2.38 bits per heavy atom. The van der Waals surface area contributed by atoms with Crippen LogP contribution in [0.25, 0.3) is 0 Å². The van der Waals surface area contributed by atoms with Gasteiger partial charge in [0.05, 0.1) is 6.10 Å². The number of nitrogens with one attached hydrogen (secondary N) is 1. The SMILES string of the molecule is CCCNC(=O)COC1CCN(C(=O)OC(C)(C)C)CC1. The van der Waals surface area contributed by atoms with Crippen LogP contribution in [0.4, 0.5) is 4.79 Å². The number of carbonyl (C=O) groups is 2. The van der Waals surface area contributed by atoms with Gasteiger partial charge in [0.15, 0.2) is 0 Å². The standard InChI is InChI=1S/C15H28N2O4/c1-5-8-16-13(18)11-20-12-6-9-17(10-7-12)14(19)21-15(2,3)4/h12H,5-11H2,1-4H3,(H,16,18). The van der Waals surface area contributed by atoms with E-state index < -0.39 is 5.60 Å². The van der Waals surface area contributed by atoms with Gasteiger partial charge in [-0.3, -0.25) is 4.79 Å². The van der Waals surface area contributed by atoms with Gasteiger partial charge in [-0.05, 0) is 40.0 Å². The summed E-state index contributed by atoms with van der Waals surface area (Å²) in [6, 6.07) is 0. The third-order valence-corrected chi connectivity index (χ3v) is 3.12. The van der Waals surface area contributed by atoms with Crippen molar-refractivity contribution < 1.29 is 19.1 Å². The first-order valence-corrected chi connectivity index (χ1v) is 7.68. The molecule has 0 atom stereocenters. The van der Waals surface area contributed by atoms with Crippen molar-refractivity contribution in [2.75, 3.05) is 26.2 Å². The number of piperidine rings is 1. The summed E-state index contributed by atoms with van der Waals surface area (Å²) in [5.74, 6) is -0.0774. The average molecular weight is 300 g/mol. The van der Waals surface area contributed by atoms with Gasteiger partial charge in [0, 0.05) is 19.6 Å². The van der Waals surface area contributed by atoms with Crippen LogP contribution in [-0.2, 0) is 14.3 Å². The Labute approximate surface area is 127 Å². The van der Waals surface area contributed by atoms with Crippen LogP contribution in [0.3, 0.4) is 0 Å². The highest BCUT2D eigenvalue weighted by molar-refractivity contribution is 5.77. The van der Waals surface area contributed by atoms with Crippen LogP contribution in [0, 0.1) is 0 Å². The topological polar surface area (TPSA) is 67.9 Å². The number of amides is 2. The zero-order valence-electron chi connectivity index (χ0n) is 13.6. The molecule has 1 fully saturated rings. The van der Waals surface area contributed by atoms with Crippen LogP contribution in [0.1, 0.15) is 47.0 Å². The molecule has 122 valence electrons. The molecule has 1 aliphatic rings. The molecular weight excluding hydrogens is 272 g/mol. The predicted octanol–water partition coefficient (Wildman–Crippen LogP) is 1.93. The van der Waals surface area contributed by atoms with Gasteiger partial charge in [-0.1, -0.05) is 6.92 Å². The van der Waals surface area contributed by atoms with Gasteiger partial charge in [-0.15, -0.1) is 0 Å². The molecule has 0 unspecified atom stereocenters. The van der Waals surface area contributed by atoms with E-state index in [1.54, 1.807) is 4.90 Å². The van der Waals surface area contributed by atoms with Crippen molar-refractivity contribution in [3.8, 4) is 0 Å². The minimum absolute atomic E-state index is 0.0380. The van der Waals surface area contributed by atoms with Crippen molar-refractivity contribution in [1.29, 1.82) is 0 Å². The summed E-state index contributed by atoms with van der Waals surface area (Å²) in [6.07, 6.45) is 2.15. The lowest BCUT2D eigenvalue weighted by Gasteiger charge is -2.33. The highest BCUT2D eigenvalue weighted by atomic mass is 16.6. The van der Waals surface area contributed by atoms with E-state index in [-0.39, 0.29) is 24.7 Å². The van der Waals surface area contributed by atoms with Crippen molar-refractivity contribution in [3.63, 3.8) is 0 Å². The van der Waals surface area contributed by atoms with Gasteiger partial charge >= 0.3 is 6.09 Å². The van der Waals surface area contributed by atoms with E-state index in [1.165, 1.54) is 0 Å². The Bertz CT molecular complexity index is 344. The number of rotatable bonds is 5. The molecule has 0 aromatic rings. The van der Waals surface area contributed by atoms with Crippen molar-refractivity contribution in [3.05, 3.63) is 0 Å². The minimum Gasteiger partial charge on any atom is -0.444 e. The van der Waals surface area contributed by atoms with E-state index in [0.717, 1.165) is 19.3 Å². The van der Waals surface area contributed by atoms with Crippen LogP contribution in [0.5, 0.6) is 0 Å². The van der Waals surface area contributed by atoms with Crippen molar-refractivity contribution in [1.82, 2.24) is 10.2 Å². The molecule has 1 N–H and O–H groups in total. The Kier molecular flexibility index (Phi) is 6.95. The molecule has 6 nitrogen and oxygen atoms in total. The number of likely N-dealkylation sites (tertiary alicyclic amines) is 1. The molecule has 2 amide bonds. The Morgan fingerprint density at radius 2 is 1.86 bits per heavy atom. The molecule has 1 rings (SSSR count). The second-order valence-electron chi connectivity index (χ2n) is 6.33. The summed E-state index contributed by atoms with van der Waals surface area (Å²) >= 11 is 0. The first-order valence-electron chi connectivity index (χ1n) is 7.68. The third-order valence-electron chi connectivity index (χ3n) is 3.12. The lowest BCUT2D eigenvalue weighted by atomic mass is 10.1. The molecule has 1 saturated heterocycles. The fourth-order valence-electron chi connectivity index (χ4n) is 2.04. The van der Waals surface area contributed by atoms with Crippen molar-refractivity contribution in [2.24, 2.45) is 0 Å². The van der Waals surface area contributed by atoms with Crippen LogP contribution in [-0.4, -0.2) is 54.8 Å². The molecule has 0 aliphatic carbocycles. The van der Waals surface area contributed by atoms with E-state index >= 15 is 0 Å². The molecule has 0 aromatic heterocycles. The average Bonchev–Trinajstić information content (AvgIpc) is 2.41. The largest absolute Gasteiger partial charge is 0.444 e.